The standard InChI is InChI=1S/C14H14FN3O2/c1-9(2)20-13(19)7-6-12-16-14(18-17-12)10-4-3-5-11(15)8-10/h3-9H,1-2H3,(H,16,17,18)/b7-6+. The summed E-state index contributed by atoms with van der Waals surface area (Å²) in [4.78, 5) is 14.2. The minimum Gasteiger partial charge on any atom is -0.460 e. The molecule has 2 rings (SSSR count). The maximum atomic E-state index is 13.1. The molecule has 2 aromatic rings. The molecule has 104 valence electrons. The number of nitrogens with one attached hydrogen (secondary N) is 1. The molecule has 0 amide bonds. The van der Waals surface area contributed by atoms with Crippen molar-refractivity contribution in [3.8, 4) is 11.4 Å². The summed E-state index contributed by atoms with van der Waals surface area (Å²) in [5, 5.41) is 7.74. The van der Waals surface area contributed by atoms with E-state index in [0.29, 0.717) is 17.2 Å². The van der Waals surface area contributed by atoms with E-state index in [9.17, 15) is 9.18 Å². The van der Waals surface area contributed by atoms with Crippen LogP contribution in [0.4, 0.5) is 4.39 Å². The fraction of sp³-hybridized carbons (Fsp3) is 0.214. The average molecular weight is 275 g/mol. The molecule has 1 aromatic heterocycles. The van der Waals surface area contributed by atoms with Crippen LogP contribution in [0.1, 0.15) is 19.7 Å². The molecule has 0 bridgehead atoms. The van der Waals surface area contributed by atoms with E-state index in [2.05, 4.69) is 15.2 Å². The van der Waals surface area contributed by atoms with Gasteiger partial charge in [-0.25, -0.2) is 9.18 Å². The van der Waals surface area contributed by atoms with E-state index in [1.165, 1.54) is 24.3 Å². The number of halogens is 1. The summed E-state index contributed by atoms with van der Waals surface area (Å²) in [7, 11) is 0. The molecular formula is C14H14FN3O2. The monoisotopic (exact) mass is 275 g/mol. The number of esters is 1. The third kappa shape index (κ3) is 3.74. The van der Waals surface area contributed by atoms with Crippen LogP contribution in [0.25, 0.3) is 17.5 Å². The van der Waals surface area contributed by atoms with Gasteiger partial charge in [-0.05, 0) is 32.1 Å². The van der Waals surface area contributed by atoms with Crippen molar-refractivity contribution < 1.29 is 13.9 Å². The van der Waals surface area contributed by atoms with E-state index in [0.717, 1.165) is 0 Å². The lowest BCUT2D eigenvalue weighted by molar-refractivity contribution is -0.141. The second-order valence-corrected chi connectivity index (χ2v) is 4.39. The van der Waals surface area contributed by atoms with E-state index in [1.807, 2.05) is 0 Å². The number of H-pyrrole nitrogens is 1. The third-order valence-electron chi connectivity index (χ3n) is 2.33. The third-order valence-corrected chi connectivity index (χ3v) is 2.33. The molecule has 0 atom stereocenters. The van der Waals surface area contributed by atoms with Crippen molar-refractivity contribution >= 4 is 12.0 Å². The van der Waals surface area contributed by atoms with E-state index < -0.39 is 5.97 Å². The van der Waals surface area contributed by atoms with Gasteiger partial charge in [0.15, 0.2) is 11.6 Å². The number of aromatic amines is 1. The van der Waals surface area contributed by atoms with E-state index in [1.54, 1.807) is 26.0 Å². The molecule has 20 heavy (non-hydrogen) atoms. The smallest absolute Gasteiger partial charge is 0.331 e. The highest BCUT2D eigenvalue weighted by Crippen LogP contribution is 2.15. The SMILES string of the molecule is CC(C)OC(=O)/C=C/c1nnc(-c2cccc(F)c2)[nH]1. The first kappa shape index (κ1) is 13.9. The fourth-order valence-corrected chi connectivity index (χ4v) is 1.53. The van der Waals surface area contributed by atoms with Crippen LogP contribution in [-0.4, -0.2) is 27.3 Å². The second kappa shape index (κ2) is 6.10. The van der Waals surface area contributed by atoms with Crippen molar-refractivity contribution in [1.82, 2.24) is 15.2 Å². The number of carbonyl (C=O) groups is 1. The Hall–Kier alpha value is -2.50. The normalized spacial score (nSPS) is 11.2. The molecule has 0 saturated heterocycles. The zero-order valence-electron chi connectivity index (χ0n) is 11.1. The number of benzene rings is 1. The number of aromatic nitrogens is 3. The van der Waals surface area contributed by atoms with Gasteiger partial charge in [0.05, 0.1) is 6.10 Å². The number of nitrogens with zero attached hydrogens (tertiary/aromatic N) is 2. The quantitative estimate of drug-likeness (QED) is 0.688. The molecule has 1 N–H and O–H groups in total. The van der Waals surface area contributed by atoms with Crippen molar-refractivity contribution in [3.05, 3.63) is 42.0 Å². The van der Waals surface area contributed by atoms with Crippen LogP contribution in [-0.2, 0) is 9.53 Å². The first-order chi connectivity index (χ1) is 9.54. The van der Waals surface area contributed by atoms with Crippen LogP contribution in [0, 0.1) is 5.82 Å². The molecule has 6 heteroatoms. The Morgan fingerprint density at radius 3 is 2.90 bits per heavy atom. The lowest BCUT2D eigenvalue weighted by atomic mass is 10.2. The van der Waals surface area contributed by atoms with Gasteiger partial charge in [-0.1, -0.05) is 12.1 Å². The maximum Gasteiger partial charge on any atom is 0.331 e. The summed E-state index contributed by atoms with van der Waals surface area (Å²) >= 11 is 0. The molecule has 0 spiro atoms. The Kier molecular flexibility index (Phi) is 4.24. The molecule has 0 aliphatic rings. The van der Waals surface area contributed by atoms with Crippen LogP contribution in [0.15, 0.2) is 30.3 Å². The topological polar surface area (TPSA) is 67.9 Å². The van der Waals surface area contributed by atoms with Gasteiger partial charge in [0.25, 0.3) is 0 Å². The molecule has 0 aliphatic carbocycles. The van der Waals surface area contributed by atoms with Crippen LogP contribution in [0.5, 0.6) is 0 Å². The summed E-state index contributed by atoms with van der Waals surface area (Å²) in [6.45, 7) is 3.53. The summed E-state index contributed by atoms with van der Waals surface area (Å²) in [5.41, 5.74) is 0.585. The van der Waals surface area contributed by atoms with Crippen molar-refractivity contribution in [2.45, 2.75) is 20.0 Å². The van der Waals surface area contributed by atoms with Gasteiger partial charge < -0.3 is 9.72 Å². The first-order valence-electron chi connectivity index (χ1n) is 6.12. The molecule has 0 saturated carbocycles. The molecule has 1 heterocycles. The number of rotatable bonds is 4. The fourth-order valence-electron chi connectivity index (χ4n) is 1.53. The van der Waals surface area contributed by atoms with Crippen LogP contribution >= 0.6 is 0 Å². The minimum atomic E-state index is -0.455. The van der Waals surface area contributed by atoms with E-state index in [4.69, 9.17) is 4.74 Å². The Bertz CT molecular complexity index is 635. The predicted octanol–water partition coefficient (Wildman–Crippen LogP) is 2.58. The molecule has 5 nitrogen and oxygen atoms in total. The highest BCUT2D eigenvalue weighted by molar-refractivity contribution is 5.86. The zero-order chi connectivity index (χ0) is 14.5. The summed E-state index contributed by atoms with van der Waals surface area (Å²) in [5.74, 6) is 0.0200. The predicted molar refractivity (Wildman–Crippen MR) is 72.0 cm³/mol. The molecule has 1 aromatic carbocycles. The van der Waals surface area contributed by atoms with Gasteiger partial charge in [0.1, 0.15) is 5.82 Å². The number of hydrogen-bond donors (Lipinski definition) is 1. The summed E-state index contributed by atoms with van der Waals surface area (Å²) < 4.78 is 18.0. The molecule has 0 aliphatic heterocycles. The average Bonchev–Trinajstić information content (AvgIpc) is 2.84. The van der Waals surface area contributed by atoms with Gasteiger partial charge in [-0.3, -0.25) is 0 Å². The van der Waals surface area contributed by atoms with Gasteiger partial charge in [-0.15, -0.1) is 10.2 Å². The van der Waals surface area contributed by atoms with Gasteiger partial charge in [0, 0.05) is 11.6 Å². The van der Waals surface area contributed by atoms with Crippen LogP contribution in [0.2, 0.25) is 0 Å². The second-order valence-electron chi connectivity index (χ2n) is 4.39. The zero-order valence-corrected chi connectivity index (χ0v) is 11.1. The van der Waals surface area contributed by atoms with Crippen molar-refractivity contribution in [1.29, 1.82) is 0 Å². The van der Waals surface area contributed by atoms with Crippen LogP contribution in [0.3, 0.4) is 0 Å². The Morgan fingerprint density at radius 2 is 2.20 bits per heavy atom. The lowest BCUT2D eigenvalue weighted by Gasteiger charge is -2.03. The minimum absolute atomic E-state index is 0.176. The number of carbonyl (C=O) groups excluding carboxylic acids is 1. The first-order valence-corrected chi connectivity index (χ1v) is 6.12. The molecular weight excluding hydrogens is 261 g/mol. The van der Waals surface area contributed by atoms with Gasteiger partial charge in [-0.2, -0.15) is 0 Å². The molecule has 0 unspecified atom stereocenters. The van der Waals surface area contributed by atoms with Crippen molar-refractivity contribution in [3.63, 3.8) is 0 Å². The summed E-state index contributed by atoms with van der Waals surface area (Å²) in [6.07, 6.45) is 2.54. The highest BCUT2D eigenvalue weighted by Gasteiger charge is 2.05. The largest absolute Gasteiger partial charge is 0.460 e. The molecule has 0 radical (unpaired) electrons. The van der Waals surface area contributed by atoms with Crippen molar-refractivity contribution in [2.75, 3.05) is 0 Å². The summed E-state index contributed by atoms with van der Waals surface area (Å²) in [6, 6.07) is 6.00. The number of hydrogen-bond acceptors (Lipinski definition) is 4. The van der Waals surface area contributed by atoms with Crippen molar-refractivity contribution in [2.24, 2.45) is 0 Å². The Labute approximate surface area is 115 Å². The van der Waals surface area contributed by atoms with Gasteiger partial charge >= 0.3 is 5.97 Å². The Balaban J connectivity index is 2.10. The highest BCUT2D eigenvalue weighted by atomic mass is 19.1. The Morgan fingerprint density at radius 1 is 1.40 bits per heavy atom. The maximum absolute atomic E-state index is 13.1. The van der Waals surface area contributed by atoms with Crippen LogP contribution < -0.4 is 0 Å². The molecule has 0 fully saturated rings. The number of ether oxygens (including phenoxy) is 1. The lowest BCUT2D eigenvalue weighted by Crippen LogP contribution is -2.08. The van der Waals surface area contributed by atoms with E-state index >= 15 is 0 Å². The van der Waals surface area contributed by atoms with Gasteiger partial charge in [0.2, 0.25) is 0 Å². The van der Waals surface area contributed by atoms with E-state index in [-0.39, 0.29) is 11.9 Å².